The largest absolute Gasteiger partial charge is 0.494 e. The van der Waals surface area contributed by atoms with Gasteiger partial charge in [-0.05, 0) is 44.5 Å². The average Bonchev–Trinajstić information content (AvgIpc) is 3.12. The van der Waals surface area contributed by atoms with E-state index in [0.29, 0.717) is 11.7 Å². The number of aromatic nitrogens is 1. The lowest BCUT2D eigenvalue weighted by Gasteiger charge is -2.38. The number of rotatable bonds is 5. The molecule has 6 heteroatoms. The van der Waals surface area contributed by atoms with Crippen LogP contribution in [0.15, 0.2) is 29.6 Å². The zero-order chi connectivity index (χ0) is 17.8. The van der Waals surface area contributed by atoms with Crippen LogP contribution in [0.1, 0.15) is 37.7 Å². The molecular weight excluding hydrogens is 334 g/mol. The maximum Gasteiger partial charge on any atom is 0.273 e. The molecule has 2 aromatic rings. The summed E-state index contributed by atoms with van der Waals surface area (Å²) in [7, 11) is 0. The second-order valence-corrected chi connectivity index (χ2v) is 7.25. The fourth-order valence-electron chi connectivity index (χ4n) is 2.91. The topological polar surface area (TPSA) is 54.5 Å². The summed E-state index contributed by atoms with van der Waals surface area (Å²) in [6, 6.07) is 8.36. The molecule has 2 heterocycles. The molecule has 1 aliphatic heterocycles. The number of amides is 1. The molecule has 2 atom stereocenters. The Morgan fingerprint density at radius 2 is 2.12 bits per heavy atom. The zero-order valence-electron chi connectivity index (χ0n) is 15.0. The van der Waals surface area contributed by atoms with Crippen molar-refractivity contribution >= 4 is 17.2 Å². The van der Waals surface area contributed by atoms with Gasteiger partial charge in [0, 0.05) is 36.1 Å². The summed E-state index contributed by atoms with van der Waals surface area (Å²) >= 11 is 1.51. The molecule has 1 aliphatic rings. The van der Waals surface area contributed by atoms with Crippen molar-refractivity contribution in [3.8, 4) is 16.3 Å². The fraction of sp³-hybridized carbons (Fsp3) is 0.474. The van der Waals surface area contributed by atoms with E-state index in [1.807, 2.05) is 34.5 Å². The van der Waals surface area contributed by atoms with Crippen LogP contribution in [-0.2, 0) is 0 Å². The molecule has 1 aromatic heterocycles. The number of carbonyl (C=O) groups is 1. The van der Waals surface area contributed by atoms with Crippen molar-refractivity contribution in [2.24, 2.45) is 0 Å². The van der Waals surface area contributed by atoms with Crippen LogP contribution in [0.3, 0.4) is 0 Å². The molecule has 2 unspecified atom stereocenters. The van der Waals surface area contributed by atoms with E-state index < -0.39 is 0 Å². The summed E-state index contributed by atoms with van der Waals surface area (Å²) in [5.41, 5.74) is 1.54. The first-order valence-corrected chi connectivity index (χ1v) is 9.71. The molecule has 0 bridgehead atoms. The predicted molar refractivity (Wildman–Crippen MR) is 101 cm³/mol. The number of thiazole rings is 1. The predicted octanol–water partition coefficient (Wildman–Crippen LogP) is 3.42. The Morgan fingerprint density at radius 3 is 2.84 bits per heavy atom. The van der Waals surface area contributed by atoms with Crippen LogP contribution in [0.25, 0.3) is 10.6 Å². The number of hydrogen-bond donors (Lipinski definition) is 1. The van der Waals surface area contributed by atoms with Crippen molar-refractivity contribution < 1.29 is 9.53 Å². The summed E-state index contributed by atoms with van der Waals surface area (Å²) in [5.74, 6) is 0.883. The molecule has 1 fully saturated rings. The van der Waals surface area contributed by atoms with Gasteiger partial charge >= 0.3 is 0 Å². The van der Waals surface area contributed by atoms with Crippen molar-refractivity contribution in [1.82, 2.24) is 15.2 Å². The van der Waals surface area contributed by atoms with Crippen LogP contribution in [0.5, 0.6) is 5.75 Å². The van der Waals surface area contributed by atoms with E-state index in [0.717, 1.165) is 42.4 Å². The first kappa shape index (κ1) is 17.9. The lowest BCUT2D eigenvalue weighted by atomic mass is 10.1. The van der Waals surface area contributed by atoms with Gasteiger partial charge < -0.3 is 15.0 Å². The van der Waals surface area contributed by atoms with Crippen LogP contribution in [0.2, 0.25) is 0 Å². The number of piperazine rings is 1. The minimum atomic E-state index is 0.0197. The summed E-state index contributed by atoms with van der Waals surface area (Å²) in [6.45, 7) is 8.54. The summed E-state index contributed by atoms with van der Waals surface area (Å²) in [5, 5.41) is 6.12. The van der Waals surface area contributed by atoms with Crippen molar-refractivity contribution in [3.05, 3.63) is 35.3 Å². The van der Waals surface area contributed by atoms with Gasteiger partial charge in [-0.15, -0.1) is 11.3 Å². The molecule has 3 rings (SSSR count). The van der Waals surface area contributed by atoms with E-state index in [9.17, 15) is 4.79 Å². The standard InChI is InChI=1S/C19H25N3O2S/c1-4-11-24-16-7-5-15(6-8-16)18-21-17(12-25-18)19(23)22-10-9-20-13(2)14(22)3/h5-8,12-14,20H,4,9-11H2,1-3H3. The first-order chi connectivity index (χ1) is 12.1. The highest BCUT2D eigenvalue weighted by molar-refractivity contribution is 7.13. The number of benzene rings is 1. The molecule has 1 N–H and O–H groups in total. The van der Waals surface area contributed by atoms with Crippen LogP contribution >= 0.6 is 11.3 Å². The Bertz CT molecular complexity index is 714. The lowest BCUT2D eigenvalue weighted by Crippen LogP contribution is -2.57. The van der Waals surface area contributed by atoms with Crippen LogP contribution < -0.4 is 10.1 Å². The van der Waals surface area contributed by atoms with Gasteiger partial charge in [0.2, 0.25) is 0 Å². The highest BCUT2D eigenvalue weighted by Gasteiger charge is 2.29. The first-order valence-electron chi connectivity index (χ1n) is 8.83. The van der Waals surface area contributed by atoms with E-state index >= 15 is 0 Å². The Labute approximate surface area is 153 Å². The van der Waals surface area contributed by atoms with E-state index in [4.69, 9.17) is 4.74 Å². The minimum Gasteiger partial charge on any atom is -0.494 e. The van der Waals surface area contributed by atoms with Crippen LogP contribution in [0, 0.1) is 0 Å². The fourth-order valence-corrected chi connectivity index (χ4v) is 3.71. The van der Waals surface area contributed by atoms with Gasteiger partial charge in [-0.2, -0.15) is 0 Å². The third-order valence-corrected chi connectivity index (χ3v) is 5.48. The molecule has 1 saturated heterocycles. The minimum absolute atomic E-state index is 0.0197. The van der Waals surface area contributed by atoms with Crippen molar-refractivity contribution in [1.29, 1.82) is 0 Å². The smallest absolute Gasteiger partial charge is 0.273 e. The van der Waals surface area contributed by atoms with E-state index in [1.165, 1.54) is 11.3 Å². The highest BCUT2D eigenvalue weighted by atomic mass is 32.1. The van der Waals surface area contributed by atoms with Crippen molar-refractivity contribution in [2.75, 3.05) is 19.7 Å². The van der Waals surface area contributed by atoms with Crippen LogP contribution in [0.4, 0.5) is 0 Å². The molecule has 134 valence electrons. The normalized spacial score (nSPS) is 20.5. The van der Waals surface area contributed by atoms with Gasteiger partial charge in [0.25, 0.3) is 5.91 Å². The number of nitrogens with zero attached hydrogens (tertiary/aromatic N) is 2. The van der Waals surface area contributed by atoms with E-state index in [2.05, 4.69) is 31.1 Å². The average molecular weight is 359 g/mol. The number of ether oxygens (including phenoxy) is 1. The van der Waals surface area contributed by atoms with Gasteiger partial charge in [-0.25, -0.2) is 4.98 Å². The Balaban J connectivity index is 1.72. The zero-order valence-corrected chi connectivity index (χ0v) is 15.8. The van der Waals surface area contributed by atoms with Gasteiger partial charge in [-0.1, -0.05) is 6.92 Å². The van der Waals surface area contributed by atoms with Crippen LogP contribution in [-0.4, -0.2) is 47.6 Å². The van der Waals surface area contributed by atoms with Gasteiger partial charge in [0.15, 0.2) is 0 Å². The molecule has 1 amide bonds. The maximum atomic E-state index is 12.8. The van der Waals surface area contributed by atoms with Gasteiger partial charge in [-0.3, -0.25) is 4.79 Å². The molecule has 0 aliphatic carbocycles. The summed E-state index contributed by atoms with van der Waals surface area (Å²) < 4.78 is 5.61. The second-order valence-electron chi connectivity index (χ2n) is 6.39. The summed E-state index contributed by atoms with van der Waals surface area (Å²) in [4.78, 5) is 19.3. The Kier molecular flexibility index (Phi) is 5.71. The number of carbonyl (C=O) groups excluding carboxylic acids is 1. The second kappa shape index (κ2) is 7.97. The summed E-state index contributed by atoms with van der Waals surface area (Å²) in [6.07, 6.45) is 0.989. The van der Waals surface area contributed by atoms with Gasteiger partial charge in [0.05, 0.1) is 6.61 Å². The molecule has 0 radical (unpaired) electrons. The quantitative estimate of drug-likeness (QED) is 0.889. The van der Waals surface area contributed by atoms with E-state index in [1.54, 1.807) is 0 Å². The molecule has 1 aromatic carbocycles. The van der Waals surface area contributed by atoms with E-state index in [-0.39, 0.29) is 11.9 Å². The highest BCUT2D eigenvalue weighted by Crippen LogP contribution is 2.27. The SMILES string of the molecule is CCCOc1ccc(-c2nc(C(=O)N3CCNC(C)C3C)cs2)cc1. The molecule has 0 spiro atoms. The third-order valence-electron chi connectivity index (χ3n) is 4.59. The number of nitrogens with one attached hydrogen (secondary N) is 1. The van der Waals surface area contributed by atoms with Crippen molar-refractivity contribution in [2.45, 2.75) is 39.3 Å². The molecular formula is C19H25N3O2S. The maximum absolute atomic E-state index is 12.8. The Hall–Kier alpha value is -1.92. The molecule has 5 nitrogen and oxygen atoms in total. The van der Waals surface area contributed by atoms with Gasteiger partial charge in [0.1, 0.15) is 16.5 Å². The van der Waals surface area contributed by atoms with Crippen molar-refractivity contribution in [3.63, 3.8) is 0 Å². The lowest BCUT2D eigenvalue weighted by molar-refractivity contribution is 0.0598. The molecule has 25 heavy (non-hydrogen) atoms. The monoisotopic (exact) mass is 359 g/mol. The third kappa shape index (κ3) is 4.02. The number of hydrogen-bond acceptors (Lipinski definition) is 5. The molecule has 0 saturated carbocycles. The Morgan fingerprint density at radius 1 is 1.36 bits per heavy atom.